The second-order valence-corrected chi connectivity index (χ2v) is 5.84. The van der Waals surface area contributed by atoms with Crippen LogP contribution in [0.1, 0.15) is 51.8 Å². The summed E-state index contributed by atoms with van der Waals surface area (Å²) in [6.45, 7) is 6.81. The first kappa shape index (κ1) is 13.6. The molecule has 18 heavy (non-hydrogen) atoms. The summed E-state index contributed by atoms with van der Waals surface area (Å²) >= 11 is 0. The molecule has 0 radical (unpaired) electrons. The quantitative estimate of drug-likeness (QED) is 0.805. The van der Waals surface area contributed by atoms with E-state index in [-0.39, 0.29) is 0 Å². The van der Waals surface area contributed by atoms with Crippen LogP contribution in [0.4, 0.5) is 0 Å². The zero-order chi connectivity index (χ0) is 13.1. The molecule has 1 aromatic rings. The van der Waals surface area contributed by atoms with E-state index in [9.17, 15) is 0 Å². The highest BCUT2D eigenvalue weighted by molar-refractivity contribution is 5.03. The van der Waals surface area contributed by atoms with Crippen LogP contribution in [0.2, 0.25) is 0 Å². The van der Waals surface area contributed by atoms with E-state index in [1.54, 1.807) is 0 Å². The Balaban J connectivity index is 1.96. The summed E-state index contributed by atoms with van der Waals surface area (Å²) in [5, 5.41) is 8.18. The van der Waals surface area contributed by atoms with Crippen molar-refractivity contribution in [3.05, 3.63) is 18.0 Å². The predicted octanol–water partition coefficient (Wildman–Crippen LogP) is 3.03. The van der Waals surface area contributed by atoms with Gasteiger partial charge in [-0.15, -0.1) is 0 Å². The lowest BCUT2D eigenvalue weighted by Gasteiger charge is -2.22. The van der Waals surface area contributed by atoms with Crippen molar-refractivity contribution in [1.29, 1.82) is 0 Å². The van der Waals surface area contributed by atoms with Crippen LogP contribution in [-0.2, 0) is 6.42 Å². The van der Waals surface area contributed by atoms with Gasteiger partial charge in [0.15, 0.2) is 0 Å². The lowest BCUT2D eigenvalue weighted by molar-refractivity contribution is 0.353. The highest BCUT2D eigenvalue weighted by atomic mass is 15.3. The van der Waals surface area contributed by atoms with Crippen LogP contribution >= 0.6 is 0 Å². The average molecular weight is 249 g/mol. The second-order valence-electron chi connectivity index (χ2n) is 5.84. The molecule has 1 saturated carbocycles. The van der Waals surface area contributed by atoms with Crippen LogP contribution in [0.15, 0.2) is 12.3 Å². The molecule has 3 unspecified atom stereocenters. The Bertz CT molecular complexity index is 368. The molecule has 0 aromatic carbocycles. The maximum atomic E-state index is 4.71. The van der Waals surface area contributed by atoms with Crippen LogP contribution < -0.4 is 5.32 Å². The predicted molar refractivity (Wildman–Crippen MR) is 75.7 cm³/mol. The molecular weight excluding hydrogens is 222 g/mol. The Morgan fingerprint density at radius 1 is 1.44 bits per heavy atom. The van der Waals surface area contributed by atoms with E-state index < -0.39 is 0 Å². The van der Waals surface area contributed by atoms with Crippen molar-refractivity contribution < 1.29 is 0 Å². The van der Waals surface area contributed by atoms with Crippen molar-refractivity contribution in [2.24, 2.45) is 11.8 Å². The Morgan fingerprint density at radius 2 is 2.17 bits per heavy atom. The number of aromatic nitrogens is 2. The lowest BCUT2D eigenvalue weighted by atomic mass is 9.93. The van der Waals surface area contributed by atoms with Gasteiger partial charge in [0.1, 0.15) is 0 Å². The van der Waals surface area contributed by atoms with Gasteiger partial charge in [0.25, 0.3) is 0 Å². The summed E-state index contributed by atoms with van der Waals surface area (Å²) < 4.78 is 2.10. The van der Waals surface area contributed by atoms with Gasteiger partial charge >= 0.3 is 0 Å². The highest BCUT2D eigenvalue weighted by Gasteiger charge is 2.32. The molecule has 0 spiro atoms. The third kappa shape index (κ3) is 3.14. The zero-order valence-electron chi connectivity index (χ0n) is 12.2. The molecule has 102 valence electrons. The third-order valence-corrected chi connectivity index (χ3v) is 4.51. The largest absolute Gasteiger partial charge is 0.316 e. The van der Waals surface area contributed by atoms with Gasteiger partial charge < -0.3 is 5.32 Å². The number of nitrogens with one attached hydrogen (secondary N) is 1. The summed E-state index contributed by atoms with van der Waals surface area (Å²) in [5.74, 6) is 1.71. The van der Waals surface area contributed by atoms with Crippen molar-refractivity contribution in [2.75, 3.05) is 7.05 Å². The van der Waals surface area contributed by atoms with Crippen molar-refractivity contribution in [3.8, 4) is 0 Å². The SMILES string of the molecule is CCC(C)n1ccc(CC(NC)C(C)C2CC2)n1. The number of hydrogen-bond acceptors (Lipinski definition) is 2. The van der Waals surface area contributed by atoms with Gasteiger partial charge in [0.2, 0.25) is 0 Å². The van der Waals surface area contributed by atoms with Gasteiger partial charge in [-0.1, -0.05) is 13.8 Å². The molecule has 0 bridgehead atoms. The average Bonchev–Trinajstić information content (AvgIpc) is 3.14. The van der Waals surface area contributed by atoms with E-state index >= 15 is 0 Å². The van der Waals surface area contributed by atoms with Crippen LogP contribution in [0, 0.1) is 11.8 Å². The molecule has 0 saturated heterocycles. The summed E-state index contributed by atoms with van der Waals surface area (Å²) in [4.78, 5) is 0. The van der Waals surface area contributed by atoms with E-state index in [1.807, 2.05) is 0 Å². The standard InChI is InChI=1S/C15H27N3/c1-5-11(2)18-9-8-14(17-18)10-15(16-4)12(3)13-6-7-13/h8-9,11-13,15-16H,5-7,10H2,1-4H3. The Kier molecular flexibility index (Phi) is 4.44. The van der Waals surface area contributed by atoms with Gasteiger partial charge in [-0.2, -0.15) is 5.10 Å². The fourth-order valence-corrected chi connectivity index (χ4v) is 2.65. The fourth-order valence-electron chi connectivity index (χ4n) is 2.65. The zero-order valence-corrected chi connectivity index (χ0v) is 12.2. The molecule has 3 nitrogen and oxygen atoms in total. The van der Waals surface area contributed by atoms with Crippen molar-refractivity contribution >= 4 is 0 Å². The minimum atomic E-state index is 0.507. The first-order chi connectivity index (χ1) is 8.65. The van der Waals surface area contributed by atoms with Crippen LogP contribution in [-0.4, -0.2) is 22.9 Å². The van der Waals surface area contributed by atoms with E-state index in [0.29, 0.717) is 12.1 Å². The second kappa shape index (κ2) is 5.87. The maximum Gasteiger partial charge on any atom is 0.0640 e. The number of hydrogen-bond donors (Lipinski definition) is 1. The Labute approximate surface area is 111 Å². The monoisotopic (exact) mass is 249 g/mol. The van der Waals surface area contributed by atoms with E-state index in [1.165, 1.54) is 18.5 Å². The van der Waals surface area contributed by atoms with Crippen LogP contribution in [0.5, 0.6) is 0 Å². The summed E-state index contributed by atoms with van der Waals surface area (Å²) in [6, 6.07) is 3.25. The molecule has 0 aliphatic heterocycles. The van der Waals surface area contributed by atoms with Crippen molar-refractivity contribution in [2.45, 2.75) is 58.5 Å². The molecule has 2 rings (SSSR count). The Hall–Kier alpha value is -0.830. The summed E-state index contributed by atoms with van der Waals surface area (Å²) in [7, 11) is 2.08. The minimum absolute atomic E-state index is 0.507. The van der Waals surface area contributed by atoms with Gasteiger partial charge in [0, 0.05) is 24.7 Å². The highest BCUT2D eigenvalue weighted by Crippen LogP contribution is 2.38. The lowest BCUT2D eigenvalue weighted by Crippen LogP contribution is -2.35. The molecule has 1 aromatic heterocycles. The molecule has 0 amide bonds. The fraction of sp³-hybridized carbons (Fsp3) is 0.800. The van der Waals surface area contributed by atoms with Gasteiger partial charge in [0.05, 0.1) is 5.69 Å². The van der Waals surface area contributed by atoms with E-state index in [4.69, 9.17) is 5.10 Å². The topological polar surface area (TPSA) is 29.9 Å². The number of rotatable bonds is 7. The van der Waals surface area contributed by atoms with Gasteiger partial charge in [-0.3, -0.25) is 4.68 Å². The van der Waals surface area contributed by atoms with Gasteiger partial charge in [-0.05, 0) is 51.1 Å². The summed E-state index contributed by atoms with van der Waals surface area (Å²) in [5.41, 5.74) is 1.22. The van der Waals surface area contributed by atoms with E-state index in [0.717, 1.165) is 24.7 Å². The molecule has 3 heteroatoms. The molecular formula is C15H27N3. The van der Waals surface area contributed by atoms with Crippen molar-refractivity contribution in [3.63, 3.8) is 0 Å². The smallest absolute Gasteiger partial charge is 0.0640 e. The summed E-state index contributed by atoms with van der Waals surface area (Å²) in [6.07, 6.45) is 7.14. The molecule has 1 fully saturated rings. The molecule has 1 aliphatic rings. The Morgan fingerprint density at radius 3 is 2.72 bits per heavy atom. The van der Waals surface area contributed by atoms with Crippen molar-refractivity contribution in [1.82, 2.24) is 15.1 Å². The molecule has 1 aliphatic carbocycles. The van der Waals surface area contributed by atoms with E-state index in [2.05, 4.69) is 50.1 Å². The minimum Gasteiger partial charge on any atom is -0.316 e. The normalized spacial score (nSPS) is 20.7. The van der Waals surface area contributed by atoms with Crippen LogP contribution in [0.3, 0.4) is 0 Å². The first-order valence-electron chi connectivity index (χ1n) is 7.37. The third-order valence-electron chi connectivity index (χ3n) is 4.51. The maximum absolute atomic E-state index is 4.71. The molecule has 3 atom stereocenters. The number of nitrogens with zero attached hydrogens (tertiary/aromatic N) is 2. The number of likely N-dealkylation sites (N-methyl/N-ethyl adjacent to an activating group) is 1. The van der Waals surface area contributed by atoms with Crippen LogP contribution in [0.25, 0.3) is 0 Å². The molecule has 1 N–H and O–H groups in total. The first-order valence-corrected chi connectivity index (χ1v) is 7.37. The van der Waals surface area contributed by atoms with Gasteiger partial charge in [-0.25, -0.2) is 0 Å². The molecule has 1 heterocycles.